The Morgan fingerprint density at radius 1 is 1.00 bits per heavy atom. The zero-order valence-electron chi connectivity index (χ0n) is 12.1. The van der Waals surface area contributed by atoms with Gasteiger partial charge in [-0.2, -0.15) is 0 Å². The van der Waals surface area contributed by atoms with Crippen LogP contribution in [0.3, 0.4) is 0 Å². The van der Waals surface area contributed by atoms with Crippen LogP contribution >= 0.6 is 35.0 Å². The van der Waals surface area contributed by atoms with Crippen LogP contribution < -0.4 is 0 Å². The van der Waals surface area contributed by atoms with Crippen molar-refractivity contribution in [3.8, 4) is 0 Å². The highest BCUT2D eigenvalue weighted by Gasteiger charge is 2.37. The molecule has 0 aromatic heterocycles. The predicted octanol–water partition coefficient (Wildman–Crippen LogP) is 5.69. The molecule has 0 radical (unpaired) electrons. The van der Waals surface area contributed by atoms with Gasteiger partial charge in [0.2, 0.25) is 0 Å². The highest BCUT2D eigenvalue weighted by atomic mass is 35.5. The van der Waals surface area contributed by atoms with Gasteiger partial charge in [0.15, 0.2) is 5.78 Å². The number of ketones is 1. The molecule has 2 atom stereocenters. The van der Waals surface area contributed by atoms with Crippen molar-refractivity contribution >= 4 is 52.1 Å². The lowest BCUT2D eigenvalue weighted by atomic mass is 9.82. The Morgan fingerprint density at radius 3 is 2.52 bits per heavy atom. The average Bonchev–Trinajstić information content (AvgIpc) is 2.54. The number of hydrogen-bond donors (Lipinski definition) is 0. The molecule has 2 aromatic carbocycles. The van der Waals surface area contributed by atoms with Crippen molar-refractivity contribution in [3.63, 3.8) is 0 Å². The molecule has 2 aromatic rings. The Bertz CT molecular complexity index is 816. The summed E-state index contributed by atoms with van der Waals surface area (Å²) in [6, 6.07) is 13.4. The lowest BCUT2D eigenvalue weighted by Gasteiger charge is -2.32. The van der Waals surface area contributed by atoms with Crippen LogP contribution in [0.2, 0.25) is 10.0 Å². The molecule has 1 aliphatic heterocycles. The zero-order chi connectivity index (χ0) is 16.0. The normalized spacial score (nSPS) is 23.0. The van der Waals surface area contributed by atoms with E-state index < -0.39 is 0 Å². The summed E-state index contributed by atoms with van der Waals surface area (Å²) in [6.07, 6.45) is 1.36. The molecule has 0 bridgehead atoms. The second-order valence-electron chi connectivity index (χ2n) is 5.84. The van der Waals surface area contributed by atoms with Crippen molar-refractivity contribution < 1.29 is 4.79 Å². The standard InChI is InChI=1S/C18H13Cl2NOS/c19-12-3-1-10(2-4-12)11-7-15-18(16(22)8-11)23-17-9-13(20)5-6-14(17)21-15/h1-6,9,11,18H,7-8H2. The summed E-state index contributed by atoms with van der Waals surface area (Å²) in [5.74, 6) is 0.426. The van der Waals surface area contributed by atoms with Gasteiger partial charge in [0, 0.05) is 27.1 Å². The number of hydrogen-bond acceptors (Lipinski definition) is 3. The molecule has 5 heteroatoms. The van der Waals surface area contributed by atoms with Crippen LogP contribution in [0.5, 0.6) is 0 Å². The number of Topliss-reactive ketones (excluding diaryl/α,β-unsaturated/α-hetero) is 1. The molecule has 4 rings (SSSR count). The molecule has 0 amide bonds. The number of carbonyl (C=O) groups excluding carboxylic acids is 1. The fraction of sp³-hybridized carbons (Fsp3) is 0.222. The summed E-state index contributed by atoms with van der Waals surface area (Å²) >= 11 is 13.6. The van der Waals surface area contributed by atoms with Crippen molar-refractivity contribution in [1.82, 2.24) is 0 Å². The van der Waals surface area contributed by atoms with Gasteiger partial charge in [0.1, 0.15) is 5.25 Å². The first-order chi connectivity index (χ1) is 11.1. The summed E-state index contributed by atoms with van der Waals surface area (Å²) in [5, 5.41) is 1.23. The van der Waals surface area contributed by atoms with Gasteiger partial charge in [0.05, 0.1) is 5.69 Å². The van der Waals surface area contributed by atoms with E-state index in [1.165, 1.54) is 0 Å². The molecular formula is C18H13Cl2NOS. The smallest absolute Gasteiger partial charge is 0.152 e. The molecule has 2 unspecified atom stereocenters. The maximum absolute atomic E-state index is 12.6. The highest BCUT2D eigenvalue weighted by Crippen LogP contribution is 2.45. The Kier molecular flexibility index (Phi) is 3.96. The lowest BCUT2D eigenvalue weighted by Crippen LogP contribution is -2.36. The molecule has 0 spiro atoms. The Balaban J connectivity index is 1.68. The summed E-state index contributed by atoms with van der Waals surface area (Å²) < 4.78 is 0. The van der Waals surface area contributed by atoms with E-state index in [4.69, 9.17) is 28.2 Å². The molecule has 0 N–H and O–H groups in total. The van der Waals surface area contributed by atoms with Gasteiger partial charge in [-0.3, -0.25) is 9.79 Å². The first-order valence-corrected chi connectivity index (χ1v) is 9.05. The first kappa shape index (κ1) is 15.3. The van der Waals surface area contributed by atoms with E-state index in [1.807, 2.05) is 42.5 Å². The molecule has 1 saturated carbocycles. The van der Waals surface area contributed by atoms with E-state index in [9.17, 15) is 4.79 Å². The summed E-state index contributed by atoms with van der Waals surface area (Å²) in [4.78, 5) is 18.3. The van der Waals surface area contributed by atoms with Crippen molar-refractivity contribution in [2.75, 3.05) is 0 Å². The minimum absolute atomic E-state index is 0.162. The topological polar surface area (TPSA) is 29.4 Å². The largest absolute Gasteiger partial charge is 0.298 e. The van der Waals surface area contributed by atoms with E-state index in [0.29, 0.717) is 16.5 Å². The number of carbonyl (C=O) groups is 1. The molecule has 23 heavy (non-hydrogen) atoms. The van der Waals surface area contributed by atoms with Gasteiger partial charge in [-0.15, -0.1) is 11.8 Å². The van der Waals surface area contributed by atoms with Crippen LogP contribution in [0.1, 0.15) is 24.3 Å². The van der Waals surface area contributed by atoms with Crippen LogP contribution in [0.4, 0.5) is 5.69 Å². The second kappa shape index (κ2) is 5.97. The monoisotopic (exact) mass is 361 g/mol. The number of nitrogens with zero attached hydrogens (tertiary/aromatic N) is 1. The zero-order valence-corrected chi connectivity index (χ0v) is 14.5. The van der Waals surface area contributed by atoms with Gasteiger partial charge in [-0.05, 0) is 48.2 Å². The summed E-state index contributed by atoms with van der Waals surface area (Å²) in [6.45, 7) is 0. The van der Waals surface area contributed by atoms with E-state index in [1.54, 1.807) is 11.8 Å². The third-order valence-corrected chi connectivity index (χ3v) is 6.11. The molecular weight excluding hydrogens is 349 g/mol. The minimum Gasteiger partial charge on any atom is -0.298 e. The Labute approximate surface area is 148 Å². The number of benzene rings is 2. The number of aliphatic imine (C=N–C) groups is 1. The quantitative estimate of drug-likeness (QED) is 0.652. The van der Waals surface area contributed by atoms with Crippen LogP contribution in [-0.4, -0.2) is 16.7 Å². The molecule has 0 saturated heterocycles. The van der Waals surface area contributed by atoms with Crippen LogP contribution in [0, 0.1) is 0 Å². The van der Waals surface area contributed by atoms with Gasteiger partial charge in [0.25, 0.3) is 0 Å². The summed E-state index contributed by atoms with van der Waals surface area (Å²) in [7, 11) is 0. The van der Waals surface area contributed by atoms with Crippen LogP contribution in [-0.2, 0) is 4.79 Å². The molecule has 2 aliphatic rings. The third kappa shape index (κ3) is 2.93. The molecule has 1 aliphatic carbocycles. The van der Waals surface area contributed by atoms with Gasteiger partial charge >= 0.3 is 0 Å². The van der Waals surface area contributed by atoms with Crippen LogP contribution in [0.25, 0.3) is 0 Å². The van der Waals surface area contributed by atoms with E-state index in [2.05, 4.69) is 0 Å². The SMILES string of the molecule is O=C1CC(c2ccc(Cl)cc2)CC2=Nc3ccc(Cl)cc3SC12. The molecule has 1 heterocycles. The Morgan fingerprint density at radius 2 is 1.74 bits per heavy atom. The lowest BCUT2D eigenvalue weighted by molar-refractivity contribution is -0.118. The minimum atomic E-state index is -0.162. The van der Waals surface area contributed by atoms with Crippen LogP contribution in [0.15, 0.2) is 52.4 Å². The Hall–Kier alpha value is -1.29. The third-order valence-electron chi connectivity index (χ3n) is 4.27. The van der Waals surface area contributed by atoms with Crippen molar-refractivity contribution in [3.05, 3.63) is 58.1 Å². The van der Waals surface area contributed by atoms with Gasteiger partial charge in [-0.1, -0.05) is 35.3 Å². The fourth-order valence-corrected chi connectivity index (χ4v) is 4.69. The van der Waals surface area contributed by atoms with Crippen molar-refractivity contribution in [2.24, 2.45) is 4.99 Å². The average molecular weight is 362 g/mol. The number of rotatable bonds is 1. The fourth-order valence-electron chi connectivity index (χ4n) is 3.13. The molecule has 2 nitrogen and oxygen atoms in total. The molecule has 116 valence electrons. The van der Waals surface area contributed by atoms with Crippen molar-refractivity contribution in [2.45, 2.75) is 28.9 Å². The van der Waals surface area contributed by atoms with E-state index in [0.717, 1.165) is 28.3 Å². The highest BCUT2D eigenvalue weighted by molar-refractivity contribution is 8.01. The van der Waals surface area contributed by atoms with Gasteiger partial charge < -0.3 is 0 Å². The maximum atomic E-state index is 12.6. The van der Waals surface area contributed by atoms with Crippen molar-refractivity contribution in [1.29, 1.82) is 0 Å². The second-order valence-corrected chi connectivity index (χ2v) is 7.86. The van der Waals surface area contributed by atoms with Gasteiger partial charge in [-0.25, -0.2) is 0 Å². The maximum Gasteiger partial charge on any atom is 0.152 e. The predicted molar refractivity (Wildman–Crippen MR) is 96.6 cm³/mol. The first-order valence-electron chi connectivity index (χ1n) is 7.42. The van der Waals surface area contributed by atoms with E-state index in [-0.39, 0.29) is 17.0 Å². The number of thioether (sulfide) groups is 1. The molecule has 1 fully saturated rings. The summed E-state index contributed by atoms with van der Waals surface area (Å²) in [5.41, 5.74) is 3.03. The van der Waals surface area contributed by atoms with E-state index >= 15 is 0 Å². The number of fused-ring (bicyclic) bond motifs is 2. The number of halogens is 2.